The number of rotatable bonds is 6. The zero-order chi connectivity index (χ0) is 25.4. The van der Waals surface area contributed by atoms with Gasteiger partial charge in [-0.15, -0.1) is 0 Å². The summed E-state index contributed by atoms with van der Waals surface area (Å²) >= 11 is 12.4. The molecule has 0 aliphatic carbocycles. The smallest absolute Gasteiger partial charge is 0.323 e. The van der Waals surface area contributed by atoms with Gasteiger partial charge in [-0.25, -0.2) is 13.2 Å². The van der Waals surface area contributed by atoms with Crippen LogP contribution >= 0.6 is 23.2 Å². The third-order valence-electron chi connectivity index (χ3n) is 6.15. The molecule has 0 aromatic heterocycles. The summed E-state index contributed by atoms with van der Waals surface area (Å²) in [5.41, 5.74) is -0.965. The van der Waals surface area contributed by atoms with Gasteiger partial charge < -0.3 is 10.6 Å². The van der Waals surface area contributed by atoms with Crippen LogP contribution in [0.15, 0.2) is 47.4 Å². The van der Waals surface area contributed by atoms with Crippen LogP contribution in [0.1, 0.15) is 31.7 Å². The maximum absolute atomic E-state index is 13.1. The van der Waals surface area contributed by atoms with E-state index >= 15 is 0 Å². The third-order valence-corrected chi connectivity index (χ3v) is 8.71. The fraction of sp³-hybridized carbons (Fsp3) is 0.348. The molecule has 4 amide bonds. The zero-order valence-electron chi connectivity index (χ0n) is 18.9. The Kier molecular flexibility index (Phi) is 7.10. The summed E-state index contributed by atoms with van der Waals surface area (Å²) in [6, 6.07) is 9.91. The van der Waals surface area contributed by atoms with Crippen LogP contribution in [0.3, 0.4) is 0 Å². The lowest BCUT2D eigenvalue weighted by atomic mass is 9.92. The largest absolute Gasteiger partial charge is 0.325 e. The molecule has 2 aromatic carbocycles. The Hall–Kier alpha value is -2.66. The maximum Gasteiger partial charge on any atom is 0.325 e. The van der Waals surface area contributed by atoms with Gasteiger partial charge in [0.2, 0.25) is 15.9 Å². The molecule has 2 fully saturated rings. The summed E-state index contributed by atoms with van der Waals surface area (Å²) in [5, 5.41) is 5.53. The summed E-state index contributed by atoms with van der Waals surface area (Å²) < 4.78 is 27.4. The lowest BCUT2D eigenvalue weighted by Gasteiger charge is -2.26. The van der Waals surface area contributed by atoms with E-state index in [-0.39, 0.29) is 15.6 Å². The highest BCUT2D eigenvalue weighted by atomic mass is 35.5. The van der Waals surface area contributed by atoms with Crippen LogP contribution in [-0.4, -0.2) is 55.1 Å². The number of halogens is 2. The van der Waals surface area contributed by atoms with Crippen LogP contribution in [0, 0.1) is 0 Å². The van der Waals surface area contributed by atoms with E-state index < -0.39 is 40.0 Å². The number of amides is 4. The summed E-state index contributed by atoms with van der Waals surface area (Å²) in [4.78, 5) is 39.2. The topological polar surface area (TPSA) is 116 Å². The van der Waals surface area contributed by atoms with E-state index in [4.69, 9.17) is 23.2 Å². The van der Waals surface area contributed by atoms with E-state index in [0.717, 1.165) is 24.2 Å². The van der Waals surface area contributed by atoms with Gasteiger partial charge in [0.1, 0.15) is 12.1 Å². The Morgan fingerprint density at radius 3 is 2.43 bits per heavy atom. The Morgan fingerprint density at radius 2 is 1.74 bits per heavy atom. The number of nitrogens with zero attached hydrogens (tertiary/aromatic N) is 2. The Balaban J connectivity index is 1.51. The van der Waals surface area contributed by atoms with Crippen molar-refractivity contribution in [3.63, 3.8) is 0 Å². The summed E-state index contributed by atoms with van der Waals surface area (Å²) in [6.07, 6.45) is 2.55. The number of hydrogen-bond donors (Lipinski definition) is 2. The van der Waals surface area contributed by atoms with Crippen LogP contribution in [0.5, 0.6) is 0 Å². The SMILES string of the molecule is CC1(c2ccccc2Cl)NC(=O)N(CC(=O)Nc2cc(S(=O)(=O)N3CCCCC3)ccc2Cl)C1=O. The highest BCUT2D eigenvalue weighted by Gasteiger charge is 2.50. The van der Waals surface area contributed by atoms with Crippen LogP contribution in [-0.2, 0) is 25.2 Å². The van der Waals surface area contributed by atoms with Crippen molar-refractivity contribution in [1.82, 2.24) is 14.5 Å². The number of anilines is 1. The number of piperidine rings is 1. The number of benzene rings is 2. The van der Waals surface area contributed by atoms with Gasteiger partial charge in [0.25, 0.3) is 5.91 Å². The van der Waals surface area contributed by atoms with Gasteiger partial charge in [0.15, 0.2) is 0 Å². The fourth-order valence-corrected chi connectivity index (χ4v) is 6.27. The first-order valence-corrected chi connectivity index (χ1v) is 13.2. The molecule has 2 saturated heterocycles. The molecule has 35 heavy (non-hydrogen) atoms. The number of urea groups is 1. The van der Waals surface area contributed by atoms with Crippen LogP contribution < -0.4 is 10.6 Å². The fourth-order valence-electron chi connectivity index (χ4n) is 4.24. The van der Waals surface area contributed by atoms with Crippen molar-refractivity contribution in [2.75, 3.05) is 25.0 Å². The molecule has 0 bridgehead atoms. The number of carbonyl (C=O) groups excluding carboxylic acids is 3. The van der Waals surface area contributed by atoms with Crippen LogP contribution in [0.25, 0.3) is 0 Å². The molecule has 4 rings (SSSR count). The monoisotopic (exact) mass is 538 g/mol. The normalized spacial score (nSPS) is 21.2. The molecule has 12 heteroatoms. The minimum atomic E-state index is -3.74. The van der Waals surface area contributed by atoms with Gasteiger partial charge in [-0.1, -0.05) is 47.8 Å². The van der Waals surface area contributed by atoms with E-state index in [0.29, 0.717) is 23.7 Å². The Labute approximate surface area is 213 Å². The molecule has 2 aliphatic heterocycles. The Bertz CT molecular complexity index is 1300. The molecule has 2 heterocycles. The molecule has 0 saturated carbocycles. The van der Waals surface area contributed by atoms with E-state index in [9.17, 15) is 22.8 Å². The van der Waals surface area contributed by atoms with E-state index in [1.807, 2.05) is 0 Å². The van der Waals surface area contributed by atoms with Crippen molar-refractivity contribution in [2.24, 2.45) is 0 Å². The predicted octanol–water partition coefficient (Wildman–Crippen LogP) is 3.57. The first-order valence-electron chi connectivity index (χ1n) is 11.0. The number of carbonyl (C=O) groups is 3. The molecular weight excluding hydrogens is 515 g/mol. The van der Waals surface area contributed by atoms with Crippen molar-refractivity contribution in [3.05, 3.63) is 58.1 Å². The molecule has 186 valence electrons. The lowest BCUT2D eigenvalue weighted by Crippen LogP contribution is -2.42. The first-order chi connectivity index (χ1) is 16.5. The molecule has 1 unspecified atom stereocenters. The van der Waals surface area contributed by atoms with E-state index in [1.54, 1.807) is 24.3 Å². The molecule has 2 aliphatic rings. The van der Waals surface area contributed by atoms with Crippen LogP contribution in [0.2, 0.25) is 10.0 Å². The average Bonchev–Trinajstić information content (AvgIpc) is 3.04. The van der Waals surface area contributed by atoms with Gasteiger partial charge in [0, 0.05) is 23.7 Å². The molecule has 9 nitrogen and oxygen atoms in total. The minimum Gasteiger partial charge on any atom is -0.323 e. The molecule has 0 radical (unpaired) electrons. The standard InChI is InChI=1S/C23H24Cl2N4O5S/c1-23(16-7-3-4-8-17(16)24)21(31)29(22(32)27-23)14-20(30)26-19-13-15(9-10-18(19)25)35(33,34)28-11-5-2-6-12-28/h3-4,7-10,13H,2,5-6,11-12,14H2,1H3,(H,26,30)(H,27,32). The summed E-state index contributed by atoms with van der Waals surface area (Å²) in [7, 11) is -3.74. The molecule has 2 N–H and O–H groups in total. The lowest BCUT2D eigenvalue weighted by molar-refractivity contribution is -0.133. The third kappa shape index (κ3) is 4.88. The number of sulfonamides is 1. The van der Waals surface area contributed by atoms with Gasteiger partial charge >= 0.3 is 6.03 Å². The van der Waals surface area contributed by atoms with Gasteiger partial charge in [0.05, 0.1) is 15.6 Å². The first kappa shape index (κ1) is 25.4. The van der Waals surface area contributed by atoms with E-state index in [1.165, 1.54) is 29.4 Å². The van der Waals surface area contributed by atoms with Gasteiger partial charge in [-0.2, -0.15) is 4.31 Å². The average molecular weight is 539 g/mol. The molecule has 0 spiro atoms. The number of nitrogens with one attached hydrogen (secondary N) is 2. The second-order valence-corrected chi connectivity index (χ2v) is 11.3. The zero-order valence-corrected chi connectivity index (χ0v) is 21.2. The van der Waals surface area contributed by atoms with Crippen molar-refractivity contribution >= 4 is 56.8 Å². The minimum absolute atomic E-state index is 0.000358. The summed E-state index contributed by atoms with van der Waals surface area (Å²) in [6.45, 7) is 1.79. The van der Waals surface area contributed by atoms with Crippen molar-refractivity contribution < 1.29 is 22.8 Å². The number of imide groups is 1. The molecule has 2 aromatic rings. The molecule has 1 atom stereocenters. The summed E-state index contributed by atoms with van der Waals surface area (Å²) in [5.74, 6) is -1.36. The molecular formula is C23H24Cl2N4O5S. The number of hydrogen-bond acceptors (Lipinski definition) is 5. The second-order valence-electron chi connectivity index (χ2n) is 8.58. The van der Waals surface area contributed by atoms with Crippen molar-refractivity contribution in [3.8, 4) is 0 Å². The maximum atomic E-state index is 13.1. The highest BCUT2D eigenvalue weighted by Crippen LogP contribution is 2.33. The highest BCUT2D eigenvalue weighted by molar-refractivity contribution is 7.89. The second kappa shape index (κ2) is 9.77. The van der Waals surface area contributed by atoms with Gasteiger partial charge in [-0.3, -0.25) is 14.5 Å². The Morgan fingerprint density at radius 1 is 1.06 bits per heavy atom. The van der Waals surface area contributed by atoms with Gasteiger partial charge in [-0.05, 0) is 44.0 Å². The van der Waals surface area contributed by atoms with Crippen molar-refractivity contribution in [1.29, 1.82) is 0 Å². The van der Waals surface area contributed by atoms with Crippen LogP contribution in [0.4, 0.5) is 10.5 Å². The van der Waals surface area contributed by atoms with E-state index in [2.05, 4.69) is 10.6 Å². The van der Waals surface area contributed by atoms with Crippen molar-refractivity contribution in [2.45, 2.75) is 36.6 Å². The predicted molar refractivity (Wildman–Crippen MR) is 132 cm³/mol. The quantitative estimate of drug-likeness (QED) is 0.545.